The molecule has 0 atom stereocenters. The van der Waals surface area contributed by atoms with Crippen LogP contribution in [0.25, 0.3) is 0 Å². The normalized spacial score (nSPS) is 13.4. The smallest absolute Gasteiger partial charge is 0.253 e. The first kappa shape index (κ1) is 25.5. The molecule has 1 aliphatic rings. The molecule has 36 heavy (non-hydrogen) atoms. The molecule has 2 aromatic carbocycles. The third-order valence-corrected chi connectivity index (χ3v) is 6.33. The van der Waals surface area contributed by atoms with Gasteiger partial charge in [-0.15, -0.1) is 5.10 Å². The predicted octanol–water partition coefficient (Wildman–Crippen LogP) is 3.35. The lowest BCUT2D eigenvalue weighted by Crippen LogP contribution is -2.33. The van der Waals surface area contributed by atoms with E-state index in [-0.39, 0.29) is 5.91 Å². The number of benzene rings is 2. The number of rotatable bonds is 11. The van der Waals surface area contributed by atoms with Crippen molar-refractivity contribution in [2.45, 2.75) is 39.9 Å². The third kappa shape index (κ3) is 6.34. The van der Waals surface area contributed by atoms with Crippen molar-refractivity contribution in [3.05, 3.63) is 65.0 Å². The number of amides is 1. The molecule has 1 aromatic heterocycles. The lowest BCUT2D eigenvalue weighted by molar-refractivity contribution is 0.0950. The second kappa shape index (κ2) is 11.9. The van der Waals surface area contributed by atoms with Crippen LogP contribution >= 0.6 is 0 Å². The number of nitrogens with zero attached hydrogens (tertiary/aromatic N) is 4. The van der Waals surface area contributed by atoms with Crippen molar-refractivity contribution in [3.8, 4) is 11.5 Å². The van der Waals surface area contributed by atoms with E-state index < -0.39 is 0 Å². The highest BCUT2D eigenvalue weighted by molar-refractivity contribution is 5.99. The zero-order valence-corrected chi connectivity index (χ0v) is 21.6. The SMILES string of the molecule is COc1cc2c(cc1OC)CN(CCn1cc(CNc3ccccc3C(=O)NCC(C)C)nn1)CC2. The molecular weight excluding hydrogens is 456 g/mol. The maximum atomic E-state index is 12.6. The van der Waals surface area contributed by atoms with Crippen molar-refractivity contribution in [1.29, 1.82) is 0 Å². The number of aromatic nitrogens is 3. The summed E-state index contributed by atoms with van der Waals surface area (Å²) in [6, 6.07) is 11.7. The molecule has 0 unspecified atom stereocenters. The van der Waals surface area contributed by atoms with Crippen LogP contribution in [0.4, 0.5) is 5.69 Å². The van der Waals surface area contributed by atoms with Crippen LogP contribution in [0.1, 0.15) is 41.0 Å². The molecule has 9 nitrogen and oxygen atoms in total. The van der Waals surface area contributed by atoms with E-state index in [4.69, 9.17) is 9.47 Å². The second-order valence-corrected chi connectivity index (χ2v) is 9.48. The zero-order valence-electron chi connectivity index (χ0n) is 21.6. The van der Waals surface area contributed by atoms with Gasteiger partial charge in [0.1, 0.15) is 5.69 Å². The molecule has 192 valence electrons. The van der Waals surface area contributed by atoms with Crippen molar-refractivity contribution in [3.63, 3.8) is 0 Å². The van der Waals surface area contributed by atoms with Gasteiger partial charge in [-0.3, -0.25) is 14.4 Å². The van der Waals surface area contributed by atoms with Crippen LogP contribution in [0.3, 0.4) is 0 Å². The summed E-state index contributed by atoms with van der Waals surface area (Å²) >= 11 is 0. The zero-order chi connectivity index (χ0) is 25.5. The van der Waals surface area contributed by atoms with Crippen molar-refractivity contribution >= 4 is 11.6 Å². The first-order chi connectivity index (χ1) is 17.5. The molecule has 2 N–H and O–H groups in total. The van der Waals surface area contributed by atoms with Crippen LogP contribution in [-0.4, -0.2) is 59.7 Å². The Balaban J connectivity index is 1.30. The molecule has 3 aromatic rings. The van der Waals surface area contributed by atoms with E-state index >= 15 is 0 Å². The van der Waals surface area contributed by atoms with E-state index in [1.165, 1.54) is 11.1 Å². The number of nitrogens with one attached hydrogen (secondary N) is 2. The fraction of sp³-hybridized carbons (Fsp3) is 0.444. The predicted molar refractivity (Wildman–Crippen MR) is 139 cm³/mol. The molecule has 0 fully saturated rings. The van der Waals surface area contributed by atoms with Gasteiger partial charge in [0.25, 0.3) is 5.91 Å². The fourth-order valence-corrected chi connectivity index (χ4v) is 4.32. The summed E-state index contributed by atoms with van der Waals surface area (Å²) in [7, 11) is 3.34. The van der Waals surface area contributed by atoms with Crippen molar-refractivity contribution in [1.82, 2.24) is 25.2 Å². The Morgan fingerprint density at radius 1 is 1.08 bits per heavy atom. The van der Waals surface area contributed by atoms with E-state index in [9.17, 15) is 4.79 Å². The molecule has 0 saturated heterocycles. The Morgan fingerprint density at radius 3 is 2.58 bits per heavy atom. The number of methoxy groups -OCH3 is 2. The Bertz CT molecular complexity index is 1180. The van der Waals surface area contributed by atoms with Crippen LogP contribution < -0.4 is 20.1 Å². The monoisotopic (exact) mass is 492 g/mol. The van der Waals surface area contributed by atoms with Gasteiger partial charge in [-0.1, -0.05) is 31.2 Å². The topological polar surface area (TPSA) is 93.5 Å². The first-order valence-electron chi connectivity index (χ1n) is 12.4. The summed E-state index contributed by atoms with van der Waals surface area (Å²) in [4.78, 5) is 15.0. The summed E-state index contributed by atoms with van der Waals surface area (Å²) in [5.41, 5.74) is 4.83. The Labute approximate surface area is 212 Å². The minimum Gasteiger partial charge on any atom is -0.493 e. The van der Waals surface area contributed by atoms with E-state index in [2.05, 4.69) is 51.8 Å². The van der Waals surface area contributed by atoms with Gasteiger partial charge >= 0.3 is 0 Å². The number of hydrogen-bond acceptors (Lipinski definition) is 7. The highest BCUT2D eigenvalue weighted by Crippen LogP contribution is 2.33. The van der Waals surface area contributed by atoms with Crippen LogP contribution in [0.15, 0.2) is 42.6 Å². The molecule has 1 aliphatic heterocycles. The number of para-hydroxylation sites is 1. The number of carbonyl (C=O) groups is 1. The number of fused-ring (bicyclic) bond motifs is 1. The largest absolute Gasteiger partial charge is 0.493 e. The van der Waals surface area contributed by atoms with Crippen molar-refractivity contribution in [2.75, 3.05) is 39.2 Å². The van der Waals surface area contributed by atoms with Crippen LogP contribution in [-0.2, 0) is 26.1 Å². The summed E-state index contributed by atoms with van der Waals surface area (Å²) in [6.07, 6.45) is 2.94. The highest BCUT2D eigenvalue weighted by atomic mass is 16.5. The van der Waals surface area contributed by atoms with Gasteiger partial charge in [0, 0.05) is 31.9 Å². The number of carbonyl (C=O) groups excluding carboxylic acids is 1. The van der Waals surface area contributed by atoms with Crippen LogP contribution in [0.2, 0.25) is 0 Å². The van der Waals surface area contributed by atoms with Gasteiger partial charge in [-0.05, 0) is 47.7 Å². The lowest BCUT2D eigenvalue weighted by atomic mass is 9.99. The van der Waals surface area contributed by atoms with Crippen molar-refractivity contribution in [2.24, 2.45) is 5.92 Å². The average molecular weight is 493 g/mol. The summed E-state index contributed by atoms with van der Waals surface area (Å²) in [5.74, 6) is 1.88. The maximum Gasteiger partial charge on any atom is 0.253 e. The van der Waals surface area contributed by atoms with Gasteiger partial charge in [0.2, 0.25) is 0 Å². The van der Waals surface area contributed by atoms with E-state index in [0.29, 0.717) is 24.6 Å². The summed E-state index contributed by atoms with van der Waals surface area (Å²) in [6.45, 7) is 8.78. The molecule has 0 spiro atoms. The Kier molecular flexibility index (Phi) is 8.43. The Morgan fingerprint density at radius 2 is 1.83 bits per heavy atom. The van der Waals surface area contributed by atoms with Crippen molar-refractivity contribution < 1.29 is 14.3 Å². The fourth-order valence-electron chi connectivity index (χ4n) is 4.32. The highest BCUT2D eigenvalue weighted by Gasteiger charge is 2.19. The minimum atomic E-state index is -0.0744. The van der Waals surface area contributed by atoms with Gasteiger partial charge < -0.3 is 20.1 Å². The van der Waals surface area contributed by atoms with E-state index in [1.807, 2.05) is 35.1 Å². The quantitative estimate of drug-likeness (QED) is 0.424. The third-order valence-electron chi connectivity index (χ3n) is 6.33. The van der Waals surface area contributed by atoms with Gasteiger partial charge in [-0.25, -0.2) is 0 Å². The van der Waals surface area contributed by atoms with Gasteiger partial charge in [0.15, 0.2) is 11.5 Å². The lowest BCUT2D eigenvalue weighted by Gasteiger charge is -2.29. The van der Waals surface area contributed by atoms with Gasteiger partial charge in [-0.2, -0.15) is 0 Å². The molecule has 0 aliphatic carbocycles. The number of hydrogen-bond donors (Lipinski definition) is 2. The van der Waals surface area contributed by atoms with Crippen LogP contribution in [0, 0.1) is 5.92 Å². The molecule has 2 heterocycles. The minimum absolute atomic E-state index is 0.0744. The molecule has 0 saturated carbocycles. The van der Waals surface area contributed by atoms with E-state index in [1.54, 1.807) is 14.2 Å². The molecule has 1 amide bonds. The molecule has 0 bridgehead atoms. The summed E-state index contributed by atoms with van der Waals surface area (Å²) < 4.78 is 12.8. The van der Waals surface area contributed by atoms with E-state index in [0.717, 1.165) is 55.5 Å². The van der Waals surface area contributed by atoms with Gasteiger partial charge in [0.05, 0.1) is 39.1 Å². The molecule has 4 rings (SSSR count). The number of ether oxygens (including phenoxy) is 2. The molecule has 0 radical (unpaired) electrons. The van der Waals surface area contributed by atoms with Crippen LogP contribution in [0.5, 0.6) is 11.5 Å². The second-order valence-electron chi connectivity index (χ2n) is 9.48. The summed E-state index contributed by atoms with van der Waals surface area (Å²) in [5, 5.41) is 14.9. The molecule has 9 heteroatoms. The Hall–Kier alpha value is -3.59. The molecular formula is C27H36N6O3. The maximum absolute atomic E-state index is 12.6. The first-order valence-corrected chi connectivity index (χ1v) is 12.4. The standard InChI is InChI=1S/C27H36N6O3/c1-19(2)15-29-27(34)23-7-5-6-8-24(23)28-16-22-18-33(31-30-22)12-11-32-10-9-20-13-25(35-3)26(36-4)14-21(20)17-32/h5-8,13-14,18-19,28H,9-12,15-17H2,1-4H3,(H,29,34). The average Bonchev–Trinajstić information content (AvgIpc) is 3.36. The number of anilines is 1.